The molecule has 4 nitrogen and oxygen atoms in total. The van der Waals surface area contributed by atoms with Gasteiger partial charge in [-0.05, 0) is 43.5 Å². The van der Waals surface area contributed by atoms with Crippen LogP contribution in [0.4, 0.5) is 4.39 Å². The summed E-state index contributed by atoms with van der Waals surface area (Å²) < 4.78 is 38.3. The molecule has 21 heavy (non-hydrogen) atoms. The minimum atomic E-state index is -3.08. The molecule has 1 N–H and O–H groups in total. The molecule has 0 spiro atoms. The number of hydrogen-bond acceptors (Lipinski definition) is 3. The zero-order valence-electron chi connectivity index (χ0n) is 12.0. The Hall–Kier alpha value is -0.690. The third-order valence-corrected chi connectivity index (χ3v) is 5.83. The first-order chi connectivity index (χ1) is 9.90. The molecule has 0 atom stereocenters. The molecular weight excluding hydrogens is 315 g/mol. The molecule has 1 aliphatic heterocycles. The van der Waals surface area contributed by atoms with Crippen molar-refractivity contribution in [2.75, 3.05) is 18.8 Å². The molecule has 2 rings (SSSR count). The van der Waals surface area contributed by atoms with Gasteiger partial charge in [0.15, 0.2) is 0 Å². The monoisotopic (exact) mass is 334 g/mol. The minimum absolute atomic E-state index is 0.146. The van der Waals surface area contributed by atoms with Crippen LogP contribution in [0, 0.1) is 5.82 Å². The summed E-state index contributed by atoms with van der Waals surface area (Å²) in [5, 5.41) is 3.72. The molecule has 1 saturated heterocycles. The molecule has 1 heterocycles. The highest BCUT2D eigenvalue weighted by Crippen LogP contribution is 2.17. The third kappa shape index (κ3) is 4.64. The van der Waals surface area contributed by atoms with E-state index in [1.807, 2.05) is 0 Å². The molecule has 1 aromatic rings. The van der Waals surface area contributed by atoms with E-state index in [1.165, 1.54) is 12.1 Å². The Kier molecular flexibility index (Phi) is 5.60. The summed E-state index contributed by atoms with van der Waals surface area (Å²) in [7, 11) is -3.08. The molecular formula is C14H20ClFN2O2S. The predicted molar refractivity (Wildman–Crippen MR) is 82.3 cm³/mol. The van der Waals surface area contributed by atoms with Gasteiger partial charge < -0.3 is 5.32 Å². The summed E-state index contributed by atoms with van der Waals surface area (Å²) in [6.07, 6.45) is 1.53. The van der Waals surface area contributed by atoms with Gasteiger partial charge in [0, 0.05) is 30.7 Å². The van der Waals surface area contributed by atoms with Gasteiger partial charge in [-0.2, -0.15) is 0 Å². The fourth-order valence-electron chi connectivity index (χ4n) is 2.50. The average Bonchev–Trinajstić information content (AvgIpc) is 2.44. The molecule has 0 bridgehead atoms. The molecule has 1 aromatic carbocycles. The van der Waals surface area contributed by atoms with Gasteiger partial charge in [-0.25, -0.2) is 17.1 Å². The van der Waals surface area contributed by atoms with E-state index in [-0.39, 0.29) is 17.6 Å². The zero-order valence-corrected chi connectivity index (χ0v) is 13.6. The Bertz CT molecular complexity index is 566. The molecule has 0 aromatic heterocycles. The van der Waals surface area contributed by atoms with Gasteiger partial charge in [0.25, 0.3) is 0 Å². The van der Waals surface area contributed by atoms with E-state index in [2.05, 4.69) is 5.32 Å². The van der Waals surface area contributed by atoms with Crippen molar-refractivity contribution in [3.8, 4) is 0 Å². The van der Waals surface area contributed by atoms with Crippen molar-refractivity contribution in [1.82, 2.24) is 9.62 Å². The van der Waals surface area contributed by atoms with Gasteiger partial charge in [-0.15, -0.1) is 0 Å². The fraction of sp³-hybridized carbons (Fsp3) is 0.571. The molecule has 0 unspecified atom stereocenters. The van der Waals surface area contributed by atoms with Crippen LogP contribution in [-0.4, -0.2) is 37.6 Å². The molecule has 0 amide bonds. The molecule has 0 aliphatic carbocycles. The van der Waals surface area contributed by atoms with Crippen LogP contribution in [0.2, 0.25) is 5.02 Å². The van der Waals surface area contributed by atoms with Crippen LogP contribution >= 0.6 is 11.6 Å². The molecule has 1 aliphatic rings. The first kappa shape index (κ1) is 16.7. The van der Waals surface area contributed by atoms with Gasteiger partial charge in [-0.3, -0.25) is 0 Å². The molecule has 1 fully saturated rings. The van der Waals surface area contributed by atoms with E-state index in [4.69, 9.17) is 11.6 Å². The van der Waals surface area contributed by atoms with Crippen LogP contribution in [0.5, 0.6) is 0 Å². The van der Waals surface area contributed by atoms with E-state index in [9.17, 15) is 12.8 Å². The second kappa shape index (κ2) is 7.05. The highest BCUT2D eigenvalue weighted by atomic mass is 35.5. The zero-order chi connectivity index (χ0) is 15.5. The van der Waals surface area contributed by atoms with E-state index in [1.54, 1.807) is 17.3 Å². The predicted octanol–water partition coefficient (Wildman–Crippen LogP) is 2.38. The van der Waals surface area contributed by atoms with Crippen LogP contribution in [0.15, 0.2) is 18.2 Å². The molecule has 0 saturated carbocycles. The van der Waals surface area contributed by atoms with Gasteiger partial charge in [0.05, 0.1) is 5.75 Å². The van der Waals surface area contributed by atoms with Crippen molar-refractivity contribution in [3.05, 3.63) is 34.6 Å². The smallest absolute Gasteiger partial charge is 0.213 e. The number of halogens is 2. The maximum atomic E-state index is 13.2. The van der Waals surface area contributed by atoms with Crippen LogP contribution in [-0.2, 0) is 16.6 Å². The summed E-state index contributed by atoms with van der Waals surface area (Å²) >= 11 is 5.82. The SMILES string of the molecule is CCS(=O)(=O)N1CCC(NCc2cc(F)cc(Cl)c2)CC1. The average molecular weight is 335 g/mol. The van der Waals surface area contributed by atoms with Crippen molar-refractivity contribution < 1.29 is 12.8 Å². The third-order valence-electron chi connectivity index (χ3n) is 3.73. The highest BCUT2D eigenvalue weighted by molar-refractivity contribution is 7.89. The molecule has 0 radical (unpaired) electrons. The van der Waals surface area contributed by atoms with E-state index in [0.717, 1.165) is 18.4 Å². The Morgan fingerprint density at radius 3 is 2.57 bits per heavy atom. The number of sulfonamides is 1. The first-order valence-corrected chi connectivity index (χ1v) is 9.05. The number of piperidine rings is 1. The van der Waals surface area contributed by atoms with Crippen molar-refractivity contribution in [1.29, 1.82) is 0 Å². The summed E-state index contributed by atoms with van der Waals surface area (Å²) in [4.78, 5) is 0. The standard InChI is InChI=1S/C14H20ClFN2O2S/c1-2-21(19,20)18-5-3-14(4-6-18)17-10-11-7-12(15)9-13(16)8-11/h7-9,14,17H,2-6,10H2,1H3. The lowest BCUT2D eigenvalue weighted by atomic mass is 10.1. The van der Waals surface area contributed by atoms with Crippen LogP contribution < -0.4 is 5.32 Å². The van der Waals surface area contributed by atoms with Crippen molar-refractivity contribution in [2.45, 2.75) is 32.4 Å². The molecule has 118 valence electrons. The second-order valence-electron chi connectivity index (χ2n) is 5.23. The number of nitrogens with one attached hydrogen (secondary N) is 1. The first-order valence-electron chi connectivity index (χ1n) is 7.07. The summed E-state index contributed by atoms with van der Waals surface area (Å²) in [5.41, 5.74) is 0.795. The Morgan fingerprint density at radius 2 is 2.00 bits per heavy atom. The van der Waals surface area contributed by atoms with E-state index >= 15 is 0 Å². The van der Waals surface area contributed by atoms with Crippen LogP contribution in [0.25, 0.3) is 0 Å². The van der Waals surface area contributed by atoms with Crippen molar-refractivity contribution in [3.63, 3.8) is 0 Å². The highest BCUT2D eigenvalue weighted by Gasteiger charge is 2.26. The van der Waals surface area contributed by atoms with Crippen molar-refractivity contribution in [2.24, 2.45) is 0 Å². The Balaban J connectivity index is 1.84. The largest absolute Gasteiger partial charge is 0.310 e. The second-order valence-corrected chi connectivity index (χ2v) is 7.93. The van der Waals surface area contributed by atoms with Gasteiger partial charge in [0.2, 0.25) is 10.0 Å². The van der Waals surface area contributed by atoms with E-state index < -0.39 is 10.0 Å². The molecule has 7 heteroatoms. The number of rotatable bonds is 5. The lowest BCUT2D eigenvalue weighted by Crippen LogP contribution is -2.45. The minimum Gasteiger partial charge on any atom is -0.310 e. The van der Waals surface area contributed by atoms with Gasteiger partial charge in [-0.1, -0.05) is 11.6 Å². The van der Waals surface area contributed by atoms with Crippen LogP contribution in [0.1, 0.15) is 25.3 Å². The topological polar surface area (TPSA) is 49.4 Å². The lowest BCUT2D eigenvalue weighted by molar-refractivity contribution is 0.289. The van der Waals surface area contributed by atoms with Gasteiger partial charge >= 0.3 is 0 Å². The quantitative estimate of drug-likeness (QED) is 0.899. The Morgan fingerprint density at radius 1 is 1.33 bits per heavy atom. The van der Waals surface area contributed by atoms with E-state index in [0.29, 0.717) is 24.7 Å². The van der Waals surface area contributed by atoms with Gasteiger partial charge in [0.1, 0.15) is 5.82 Å². The fourth-order valence-corrected chi connectivity index (χ4v) is 3.87. The van der Waals surface area contributed by atoms with Crippen LogP contribution in [0.3, 0.4) is 0 Å². The maximum Gasteiger partial charge on any atom is 0.213 e. The van der Waals surface area contributed by atoms with Crippen molar-refractivity contribution >= 4 is 21.6 Å². The maximum absolute atomic E-state index is 13.2. The Labute approximate surface area is 130 Å². The normalized spacial score (nSPS) is 18.0. The lowest BCUT2D eigenvalue weighted by Gasteiger charge is -2.31. The summed E-state index contributed by atoms with van der Waals surface area (Å²) in [6, 6.07) is 4.71. The number of nitrogens with zero attached hydrogens (tertiary/aromatic N) is 1. The summed E-state index contributed by atoms with van der Waals surface area (Å²) in [5.74, 6) is -0.199. The summed E-state index contributed by atoms with van der Waals surface area (Å²) in [6.45, 7) is 3.27. The number of benzene rings is 1. The number of hydrogen-bond donors (Lipinski definition) is 1.